The Bertz CT molecular complexity index is 1970. The van der Waals surface area contributed by atoms with E-state index in [1.54, 1.807) is 42.5 Å². The second-order valence-corrected chi connectivity index (χ2v) is 15.6. The average Bonchev–Trinajstić information content (AvgIpc) is 3.10. The molecule has 0 saturated carbocycles. The Morgan fingerprint density at radius 1 is 0.720 bits per heavy atom. The topological polar surface area (TPSA) is 96.0 Å². The number of nitrogens with one attached hydrogen (secondary N) is 1. The van der Waals surface area contributed by atoms with Gasteiger partial charge in [0.15, 0.2) is 0 Å². The maximum absolute atomic E-state index is 14.7. The van der Waals surface area contributed by atoms with Gasteiger partial charge in [-0.15, -0.1) is 0 Å². The van der Waals surface area contributed by atoms with Crippen LogP contribution in [0.5, 0.6) is 11.5 Å². The predicted octanol–water partition coefficient (Wildman–Crippen LogP) is 7.99. The van der Waals surface area contributed by atoms with Crippen molar-refractivity contribution in [2.24, 2.45) is 0 Å². The number of sulfonamides is 1. The number of para-hydroxylation sites is 1. The molecule has 0 saturated heterocycles. The van der Waals surface area contributed by atoms with Crippen LogP contribution >= 0.6 is 15.9 Å². The minimum atomic E-state index is -4.23. The molecule has 0 radical (unpaired) electrons. The van der Waals surface area contributed by atoms with Crippen molar-refractivity contribution in [3.8, 4) is 11.5 Å². The molecule has 0 spiro atoms. The summed E-state index contributed by atoms with van der Waals surface area (Å²) >= 11 is 3.47. The fraction of sp³-hybridized carbons (Fsp3) is 0.200. The molecule has 50 heavy (non-hydrogen) atoms. The number of halogens is 1. The number of carbonyl (C=O) groups is 2. The summed E-state index contributed by atoms with van der Waals surface area (Å²) in [5, 5.41) is 3.05. The van der Waals surface area contributed by atoms with Crippen LogP contribution in [0.4, 0.5) is 5.69 Å². The number of ether oxygens (including phenoxy) is 1. The quantitative estimate of drug-likeness (QED) is 0.132. The van der Waals surface area contributed by atoms with Gasteiger partial charge in [0.05, 0.1) is 10.6 Å². The molecule has 2 amide bonds. The van der Waals surface area contributed by atoms with Crippen molar-refractivity contribution in [1.29, 1.82) is 0 Å². The number of nitrogens with zero attached hydrogens (tertiary/aromatic N) is 2. The van der Waals surface area contributed by atoms with E-state index in [0.717, 1.165) is 19.9 Å². The molecule has 5 rings (SSSR count). The molecule has 5 aromatic rings. The molecule has 0 aromatic heterocycles. The molecule has 0 unspecified atom stereocenters. The lowest BCUT2D eigenvalue weighted by Gasteiger charge is -2.35. The molecule has 0 aliphatic rings. The monoisotopic (exact) mass is 753 g/mol. The molecule has 0 fully saturated rings. The molecule has 0 aliphatic carbocycles. The van der Waals surface area contributed by atoms with E-state index in [-0.39, 0.29) is 29.5 Å². The van der Waals surface area contributed by atoms with Gasteiger partial charge in [-0.2, -0.15) is 0 Å². The Morgan fingerprint density at radius 2 is 1.26 bits per heavy atom. The molecule has 1 N–H and O–H groups in total. The minimum absolute atomic E-state index is 0.0307. The van der Waals surface area contributed by atoms with Gasteiger partial charge in [-0.3, -0.25) is 13.9 Å². The summed E-state index contributed by atoms with van der Waals surface area (Å²) in [6.07, 6.45) is 0.224. The summed E-state index contributed by atoms with van der Waals surface area (Å²) in [7, 11) is -4.23. The van der Waals surface area contributed by atoms with E-state index >= 15 is 0 Å². The first kappa shape index (κ1) is 36.4. The van der Waals surface area contributed by atoms with Crippen LogP contribution in [0.3, 0.4) is 0 Å². The summed E-state index contributed by atoms with van der Waals surface area (Å²) in [5.41, 5.74) is 1.33. The number of hydrogen-bond acceptors (Lipinski definition) is 5. The number of hydrogen-bond donors (Lipinski definition) is 1. The van der Waals surface area contributed by atoms with Gasteiger partial charge in [0.25, 0.3) is 10.0 Å². The normalized spacial score (nSPS) is 12.1. The fourth-order valence-electron chi connectivity index (χ4n) is 5.35. The van der Waals surface area contributed by atoms with Crippen LogP contribution in [0, 0.1) is 0 Å². The van der Waals surface area contributed by atoms with Crippen molar-refractivity contribution >= 4 is 43.5 Å². The predicted molar refractivity (Wildman–Crippen MR) is 200 cm³/mol. The minimum Gasteiger partial charge on any atom is -0.457 e. The number of carbonyl (C=O) groups excluding carboxylic acids is 2. The molecule has 1 atom stereocenters. The van der Waals surface area contributed by atoms with E-state index in [9.17, 15) is 18.0 Å². The zero-order chi connectivity index (χ0) is 35.7. The van der Waals surface area contributed by atoms with Gasteiger partial charge in [-0.1, -0.05) is 94.8 Å². The summed E-state index contributed by atoms with van der Waals surface area (Å²) in [6.45, 7) is 5.16. The van der Waals surface area contributed by atoms with Crippen LogP contribution in [0.2, 0.25) is 0 Å². The maximum atomic E-state index is 14.7. The van der Waals surface area contributed by atoms with Crippen molar-refractivity contribution in [3.63, 3.8) is 0 Å². The van der Waals surface area contributed by atoms with Crippen LogP contribution in [0.15, 0.2) is 149 Å². The second-order valence-electron chi connectivity index (χ2n) is 12.8. The maximum Gasteiger partial charge on any atom is 0.264 e. The van der Waals surface area contributed by atoms with Crippen LogP contribution < -0.4 is 14.4 Å². The van der Waals surface area contributed by atoms with Crippen LogP contribution in [-0.2, 0) is 32.6 Å². The molecule has 0 aliphatic heterocycles. The largest absolute Gasteiger partial charge is 0.457 e. The van der Waals surface area contributed by atoms with Crippen molar-refractivity contribution in [1.82, 2.24) is 10.2 Å². The van der Waals surface area contributed by atoms with E-state index in [2.05, 4.69) is 21.2 Å². The Morgan fingerprint density at radius 3 is 1.84 bits per heavy atom. The molecule has 0 heterocycles. The van der Waals surface area contributed by atoms with Gasteiger partial charge in [0.1, 0.15) is 24.1 Å². The highest BCUT2D eigenvalue weighted by molar-refractivity contribution is 9.10. The SMILES string of the molecule is CC(C)(C)NC(=O)[C@@H](Cc1ccccc1)N(Cc1ccc(Br)cc1)C(=O)CN(c1ccc(Oc2ccccc2)cc1)S(=O)(=O)c1ccccc1. The lowest BCUT2D eigenvalue weighted by Crippen LogP contribution is -2.56. The Kier molecular flexibility index (Phi) is 11.8. The molecule has 5 aromatic carbocycles. The van der Waals surface area contributed by atoms with Crippen LogP contribution in [0.1, 0.15) is 31.9 Å². The first-order valence-corrected chi connectivity index (χ1v) is 18.4. The van der Waals surface area contributed by atoms with Gasteiger partial charge in [0, 0.05) is 23.0 Å². The third kappa shape index (κ3) is 9.83. The highest BCUT2D eigenvalue weighted by atomic mass is 79.9. The molecule has 10 heteroatoms. The van der Waals surface area contributed by atoms with E-state index in [1.165, 1.54) is 17.0 Å². The average molecular weight is 755 g/mol. The molecule has 0 bridgehead atoms. The van der Waals surface area contributed by atoms with Gasteiger partial charge in [-0.05, 0) is 92.6 Å². The van der Waals surface area contributed by atoms with Gasteiger partial charge < -0.3 is 15.0 Å². The van der Waals surface area contributed by atoms with Gasteiger partial charge >= 0.3 is 0 Å². The summed E-state index contributed by atoms with van der Waals surface area (Å²) in [4.78, 5) is 30.3. The standard InChI is InChI=1S/C40H40BrN3O5S/c1-40(2,3)42-39(46)37(27-30-13-7-4-8-14-30)43(28-31-19-21-32(41)22-20-31)38(45)29-44(50(47,48)36-17-11-6-12-18-36)33-23-25-35(26-24-33)49-34-15-9-5-10-16-34/h4-26,37H,27-29H2,1-3H3,(H,42,46)/t37-/m1/s1. The molecular weight excluding hydrogens is 714 g/mol. The molecular formula is C40H40BrN3O5S. The number of amides is 2. The second kappa shape index (κ2) is 16.2. The number of anilines is 1. The third-order valence-corrected chi connectivity index (χ3v) is 10.1. The van der Waals surface area contributed by atoms with E-state index in [0.29, 0.717) is 11.5 Å². The number of rotatable bonds is 13. The third-order valence-electron chi connectivity index (χ3n) is 7.75. The van der Waals surface area contributed by atoms with Crippen molar-refractivity contribution in [2.45, 2.75) is 50.2 Å². The van der Waals surface area contributed by atoms with E-state index < -0.39 is 34.1 Å². The first-order chi connectivity index (χ1) is 23.9. The number of benzene rings is 5. The van der Waals surface area contributed by atoms with Crippen molar-refractivity contribution in [3.05, 3.63) is 155 Å². The summed E-state index contributed by atoms with van der Waals surface area (Å²) in [6, 6.07) is 39.8. The summed E-state index contributed by atoms with van der Waals surface area (Å²) in [5.74, 6) is 0.251. The fourth-order valence-corrected chi connectivity index (χ4v) is 7.05. The van der Waals surface area contributed by atoms with Gasteiger partial charge in [0.2, 0.25) is 11.8 Å². The van der Waals surface area contributed by atoms with Crippen molar-refractivity contribution < 1.29 is 22.7 Å². The lowest BCUT2D eigenvalue weighted by atomic mass is 10.0. The Balaban J connectivity index is 1.56. The van der Waals surface area contributed by atoms with Crippen molar-refractivity contribution in [2.75, 3.05) is 10.8 Å². The van der Waals surface area contributed by atoms with Crippen LogP contribution in [0.25, 0.3) is 0 Å². The van der Waals surface area contributed by atoms with Crippen LogP contribution in [-0.4, -0.2) is 43.3 Å². The highest BCUT2D eigenvalue weighted by Crippen LogP contribution is 2.29. The van der Waals surface area contributed by atoms with E-state index in [1.807, 2.05) is 106 Å². The van der Waals surface area contributed by atoms with Gasteiger partial charge in [-0.25, -0.2) is 8.42 Å². The smallest absolute Gasteiger partial charge is 0.264 e. The highest BCUT2D eigenvalue weighted by Gasteiger charge is 2.35. The summed E-state index contributed by atoms with van der Waals surface area (Å²) < 4.78 is 36.5. The lowest BCUT2D eigenvalue weighted by molar-refractivity contribution is -0.140. The Hall–Kier alpha value is -4.93. The zero-order valence-corrected chi connectivity index (χ0v) is 30.6. The van der Waals surface area contributed by atoms with E-state index in [4.69, 9.17) is 4.74 Å². The Labute approximate surface area is 302 Å². The molecule has 8 nitrogen and oxygen atoms in total. The zero-order valence-electron chi connectivity index (χ0n) is 28.2. The first-order valence-electron chi connectivity index (χ1n) is 16.2. The molecule has 258 valence electrons.